The number of fused-ring (bicyclic) bond motifs is 3. The highest BCUT2D eigenvalue weighted by molar-refractivity contribution is 6.05. The van der Waals surface area contributed by atoms with Crippen LogP contribution < -0.4 is 10.2 Å². The summed E-state index contributed by atoms with van der Waals surface area (Å²) < 4.78 is 11.5. The molecule has 1 fully saturated rings. The predicted octanol–water partition coefficient (Wildman–Crippen LogP) is 3.56. The number of hydrogen-bond donors (Lipinski definition) is 2. The molecule has 0 bridgehead atoms. The van der Waals surface area contributed by atoms with Crippen LogP contribution in [-0.2, 0) is 4.74 Å². The van der Waals surface area contributed by atoms with Crippen LogP contribution in [0.3, 0.4) is 0 Å². The molecule has 0 spiro atoms. The first-order valence-electron chi connectivity index (χ1n) is 9.96. The van der Waals surface area contributed by atoms with Gasteiger partial charge < -0.3 is 19.4 Å². The van der Waals surface area contributed by atoms with Gasteiger partial charge >= 0.3 is 0 Å². The van der Waals surface area contributed by atoms with Crippen molar-refractivity contribution in [2.24, 2.45) is 0 Å². The number of aromatic nitrogens is 6. The fourth-order valence-corrected chi connectivity index (χ4v) is 3.68. The number of H-pyrrole nitrogens is 1. The van der Waals surface area contributed by atoms with Crippen molar-refractivity contribution in [3.05, 3.63) is 48.9 Å². The second kappa shape index (κ2) is 8.40. The summed E-state index contributed by atoms with van der Waals surface area (Å²) >= 11 is 0. The summed E-state index contributed by atoms with van der Waals surface area (Å²) in [5.41, 5.74) is 3.67. The van der Waals surface area contributed by atoms with Crippen LogP contribution in [0, 0.1) is 0 Å². The Bertz CT molecular complexity index is 1360. The van der Waals surface area contributed by atoms with E-state index in [0.717, 1.165) is 35.6 Å². The van der Waals surface area contributed by atoms with Crippen LogP contribution in [0.25, 0.3) is 33.5 Å². The Labute approximate surface area is 188 Å². The lowest BCUT2D eigenvalue weighted by Gasteiger charge is -2.27. The molecule has 11 heteroatoms. The van der Waals surface area contributed by atoms with Gasteiger partial charge in [-0.3, -0.25) is 10.1 Å². The molecule has 0 atom stereocenters. The molecule has 0 radical (unpaired) electrons. The first-order valence-corrected chi connectivity index (χ1v) is 9.96. The van der Waals surface area contributed by atoms with E-state index >= 15 is 0 Å². The first kappa shape index (κ1) is 20.2. The third-order valence-corrected chi connectivity index (χ3v) is 5.17. The number of anilines is 3. The second-order valence-electron chi connectivity index (χ2n) is 7.14. The molecule has 5 aromatic heterocycles. The molecule has 0 aromatic carbocycles. The number of rotatable bonds is 4. The zero-order chi connectivity index (χ0) is 20.6. The maximum Gasteiger partial charge on any atom is 0.231 e. The van der Waals surface area contributed by atoms with Gasteiger partial charge in [-0.05, 0) is 24.3 Å². The van der Waals surface area contributed by atoms with E-state index < -0.39 is 0 Å². The average molecular weight is 451 g/mol. The molecule has 6 rings (SSSR count). The first-order chi connectivity index (χ1) is 15.3. The summed E-state index contributed by atoms with van der Waals surface area (Å²) in [6.45, 7) is 2.73. The van der Waals surface area contributed by atoms with E-state index in [4.69, 9.17) is 19.1 Å². The highest BCUT2D eigenvalue weighted by Gasteiger charge is 2.22. The normalized spacial score (nSPS) is 13.9. The largest absolute Gasteiger partial charge is 0.432 e. The van der Waals surface area contributed by atoms with Gasteiger partial charge in [0, 0.05) is 43.3 Å². The van der Waals surface area contributed by atoms with Crippen molar-refractivity contribution in [2.45, 2.75) is 0 Å². The zero-order valence-corrected chi connectivity index (χ0v) is 17.7. The molecular formula is C21H19ClN8O2. The smallest absolute Gasteiger partial charge is 0.231 e. The summed E-state index contributed by atoms with van der Waals surface area (Å²) in [6, 6.07) is 9.56. The minimum absolute atomic E-state index is 0. The third-order valence-electron chi connectivity index (χ3n) is 5.17. The van der Waals surface area contributed by atoms with Gasteiger partial charge in [0.15, 0.2) is 17.2 Å². The van der Waals surface area contributed by atoms with Gasteiger partial charge in [0.25, 0.3) is 0 Å². The number of morpholine rings is 1. The highest BCUT2D eigenvalue weighted by atomic mass is 35.5. The molecule has 162 valence electrons. The van der Waals surface area contributed by atoms with Gasteiger partial charge in [-0.2, -0.15) is 10.1 Å². The molecule has 0 aliphatic carbocycles. The van der Waals surface area contributed by atoms with Crippen LogP contribution >= 0.6 is 12.4 Å². The van der Waals surface area contributed by atoms with Crippen molar-refractivity contribution in [3.8, 4) is 11.3 Å². The van der Waals surface area contributed by atoms with E-state index in [1.54, 1.807) is 18.6 Å². The molecule has 1 aliphatic heterocycles. The number of halogens is 1. The second-order valence-corrected chi connectivity index (χ2v) is 7.14. The molecule has 1 aliphatic rings. The summed E-state index contributed by atoms with van der Waals surface area (Å²) in [4.78, 5) is 20.1. The van der Waals surface area contributed by atoms with E-state index in [9.17, 15) is 0 Å². The SMILES string of the molecule is Cl.c1cncc(-c2cc(Nc3nc(N4CCOCC4)c4oc5ncccc5c4n3)n[nH]2)c1. The molecule has 1 saturated heterocycles. The topological polar surface area (TPSA) is 118 Å². The van der Waals surface area contributed by atoms with E-state index in [1.807, 2.05) is 30.3 Å². The number of aromatic amines is 1. The predicted molar refractivity (Wildman–Crippen MR) is 122 cm³/mol. The van der Waals surface area contributed by atoms with Crippen LogP contribution in [0.15, 0.2) is 53.3 Å². The fourth-order valence-electron chi connectivity index (χ4n) is 3.68. The van der Waals surface area contributed by atoms with Crippen LogP contribution in [0.5, 0.6) is 0 Å². The van der Waals surface area contributed by atoms with Gasteiger partial charge in [0.05, 0.1) is 24.3 Å². The number of hydrogen-bond acceptors (Lipinski definition) is 9. The average Bonchev–Trinajstić information content (AvgIpc) is 3.45. The van der Waals surface area contributed by atoms with Gasteiger partial charge in [-0.25, -0.2) is 9.97 Å². The Morgan fingerprint density at radius 1 is 1.06 bits per heavy atom. The number of ether oxygens (including phenoxy) is 1. The van der Waals surface area contributed by atoms with Gasteiger partial charge in [-0.1, -0.05) is 0 Å². The molecule has 2 N–H and O–H groups in total. The summed E-state index contributed by atoms with van der Waals surface area (Å²) in [5, 5.41) is 11.4. The Morgan fingerprint density at radius 3 is 2.78 bits per heavy atom. The molecular weight excluding hydrogens is 432 g/mol. The van der Waals surface area contributed by atoms with Crippen molar-refractivity contribution >= 4 is 52.2 Å². The number of nitrogens with zero attached hydrogens (tertiary/aromatic N) is 6. The third kappa shape index (κ3) is 3.59. The monoisotopic (exact) mass is 450 g/mol. The zero-order valence-electron chi connectivity index (χ0n) is 16.9. The summed E-state index contributed by atoms with van der Waals surface area (Å²) in [7, 11) is 0. The summed E-state index contributed by atoms with van der Waals surface area (Å²) in [6.07, 6.45) is 5.22. The lowest BCUT2D eigenvalue weighted by molar-refractivity contribution is 0.122. The van der Waals surface area contributed by atoms with Crippen molar-refractivity contribution in [3.63, 3.8) is 0 Å². The number of furan rings is 1. The van der Waals surface area contributed by atoms with E-state index in [2.05, 4.69) is 30.4 Å². The minimum Gasteiger partial charge on any atom is -0.432 e. The highest BCUT2D eigenvalue weighted by Crippen LogP contribution is 2.34. The quantitative estimate of drug-likeness (QED) is 0.423. The van der Waals surface area contributed by atoms with Crippen molar-refractivity contribution in [1.29, 1.82) is 0 Å². The Hall–Kier alpha value is -3.76. The lowest BCUT2D eigenvalue weighted by Crippen LogP contribution is -2.37. The number of nitrogens with one attached hydrogen (secondary N) is 2. The van der Waals surface area contributed by atoms with Crippen molar-refractivity contribution in [2.75, 3.05) is 36.5 Å². The van der Waals surface area contributed by atoms with Crippen LogP contribution in [0.2, 0.25) is 0 Å². The molecule has 0 saturated carbocycles. The maximum absolute atomic E-state index is 6.03. The molecule has 0 unspecified atom stereocenters. The Balaban J connectivity index is 0.00000216. The van der Waals surface area contributed by atoms with Gasteiger partial charge in [0.1, 0.15) is 5.52 Å². The molecule has 32 heavy (non-hydrogen) atoms. The Morgan fingerprint density at radius 2 is 1.94 bits per heavy atom. The van der Waals surface area contributed by atoms with Crippen molar-refractivity contribution < 1.29 is 9.15 Å². The Kier molecular flexibility index (Phi) is 5.29. The fraction of sp³-hybridized carbons (Fsp3) is 0.190. The molecule has 0 amide bonds. The van der Waals surface area contributed by atoms with Crippen LogP contribution in [-0.4, -0.2) is 56.4 Å². The molecule has 10 nitrogen and oxygen atoms in total. The van der Waals surface area contributed by atoms with Crippen LogP contribution in [0.4, 0.5) is 17.6 Å². The minimum atomic E-state index is 0. The molecule has 5 aromatic rings. The van der Waals surface area contributed by atoms with E-state index in [1.165, 1.54) is 0 Å². The standard InChI is InChI=1S/C21H18N8O2.ClH/c1-3-13(12-22-5-1)15-11-16(28-27-15)24-21-25-17-14-4-2-6-23-20(14)31-18(17)19(26-21)29-7-9-30-10-8-29;/h1-6,11-12H,7-10H2,(H2,24,25,26,27,28);1H. The van der Waals surface area contributed by atoms with E-state index in [-0.39, 0.29) is 12.4 Å². The lowest BCUT2D eigenvalue weighted by atomic mass is 10.2. The maximum atomic E-state index is 6.03. The molecule has 6 heterocycles. The van der Waals surface area contributed by atoms with Gasteiger partial charge in [0.2, 0.25) is 11.7 Å². The van der Waals surface area contributed by atoms with Crippen LogP contribution in [0.1, 0.15) is 0 Å². The van der Waals surface area contributed by atoms with Crippen molar-refractivity contribution in [1.82, 2.24) is 30.1 Å². The van der Waals surface area contributed by atoms with E-state index in [0.29, 0.717) is 41.8 Å². The number of pyridine rings is 2. The van der Waals surface area contributed by atoms with Gasteiger partial charge in [-0.15, -0.1) is 12.4 Å². The summed E-state index contributed by atoms with van der Waals surface area (Å²) in [5.74, 6) is 1.76.